The average Bonchev–Trinajstić information content (AvgIpc) is 2.52. The molecule has 1 rings (SSSR count). The van der Waals surface area contributed by atoms with Gasteiger partial charge in [-0.3, -0.25) is 0 Å². The van der Waals surface area contributed by atoms with E-state index in [2.05, 4.69) is 26.9 Å². The molecule has 0 aromatic carbocycles. The number of anilines is 1. The second-order valence-corrected chi connectivity index (χ2v) is 9.89. The molecule has 0 amide bonds. The zero-order chi connectivity index (χ0) is 19.6. The van der Waals surface area contributed by atoms with Gasteiger partial charge in [0.25, 0.3) is 0 Å². The molecule has 2 N–H and O–H groups in total. The number of aryl methyl sites for hydroxylation is 1. The molecule has 150 valence electrons. The van der Waals surface area contributed by atoms with Gasteiger partial charge in [0.15, 0.2) is 0 Å². The zero-order valence-electron chi connectivity index (χ0n) is 16.8. The number of nitrogens with zero attached hydrogens (tertiary/aromatic N) is 2. The Morgan fingerprint density at radius 3 is 2.42 bits per heavy atom. The minimum Gasteiger partial charge on any atom is -0.478 e. The van der Waals surface area contributed by atoms with Crippen molar-refractivity contribution in [1.29, 1.82) is 0 Å². The fourth-order valence-electron chi connectivity index (χ4n) is 2.06. The number of rotatable bonds is 12. The van der Waals surface area contributed by atoms with E-state index >= 15 is 0 Å². The number of ether oxygens (including phenoxy) is 1. The van der Waals surface area contributed by atoms with Crippen LogP contribution in [0.25, 0.3) is 0 Å². The van der Waals surface area contributed by atoms with Crippen molar-refractivity contribution in [2.24, 2.45) is 0 Å². The van der Waals surface area contributed by atoms with Crippen LogP contribution in [0.2, 0.25) is 0 Å². The van der Waals surface area contributed by atoms with Gasteiger partial charge in [-0.2, -0.15) is 4.98 Å². The summed E-state index contributed by atoms with van der Waals surface area (Å²) in [6.07, 6.45) is 4.73. The van der Waals surface area contributed by atoms with Crippen molar-refractivity contribution in [3.8, 4) is 5.88 Å². The minimum absolute atomic E-state index is 0.468. The van der Waals surface area contributed by atoms with Gasteiger partial charge < -0.3 is 10.1 Å². The number of unbranched alkanes of at least 4 members (excludes halogenated alkanes) is 3. The van der Waals surface area contributed by atoms with Gasteiger partial charge in [0.05, 0.1) is 11.4 Å². The number of sulfonamides is 1. The van der Waals surface area contributed by atoms with Gasteiger partial charge in [-0.1, -0.05) is 19.8 Å². The van der Waals surface area contributed by atoms with E-state index in [4.69, 9.17) is 4.74 Å². The van der Waals surface area contributed by atoms with Crippen molar-refractivity contribution in [2.75, 3.05) is 25.0 Å². The minimum atomic E-state index is -3.25. The van der Waals surface area contributed by atoms with E-state index in [1.165, 1.54) is 0 Å². The summed E-state index contributed by atoms with van der Waals surface area (Å²) in [6, 6.07) is 1.84. The maximum absolute atomic E-state index is 11.9. The fourth-order valence-corrected chi connectivity index (χ4v) is 2.91. The summed E-state index contributed by atoms with van der Waals surface area (Å²) >= 11 is 0. The monoisotopic (exact) mass is 386 g/mol. The largest absolute Gasteiger partial charge is 0.478 e. The molecule has 1 aromatic heterocycles. The first-order valence-corrected chi connectivity index (χ1v) is 10.9. The van der Waals surface area contributed by atoms with Crippen molar-refractivity contribution < 1.29 is 13.2 Å². The molecule has 0 unspecified atom stereocenters. The standard InChI is InChI=1S/C18H34N4O3S/c1-6-7-13-25-16-14-15(2)21-17(22-16)19-11-9-8-10-12-20-26(23,24)18(3,4)5/h14,20H,6-13H2,1-5H3,(H,19,21,22). The predicted molar refractivity (Wildman–Crippen MR) is 106 cm³/mol. The first kappa shape index (κ1) is 22.6. The third-order valence-corrected chi connectivity index (χ3v) is 6.01. The van der Waals surface area contributed by atoms with Crippen LogP contribution in [0.3, 0.4) is 0 Å². The molecule has 26 heavy (non-hydrogen) atoms. The summed E-state index contributed by atoms with van der Waals surface area (Å²) < 4.78 is 31.4. The van der Waals surface area contributed by atoms with E-state index in [1.54, 1.807) is 20.8 Å². The third-order valence-electron chi connectivity index (χ3n) is 3.81. The Morgan fingerprint density at radius 2 is 1.77 bits per heavy atom. The maximum Gasteiger partial charge on any atom is 0.226 e. The van der Waals surface area contributed by atoms with E-state index in [9.17, 15) is 8.42 Å². The van der Waals surface area contributed by atoms with Gasteiger partial charge in [0.1, 0.15) is 0 Å². The molecule has 0 aliphatic rings. The van der Waals surface area contributed by atoms with E-state index in [-0.39, 0.29) is 0 Å². The van der Waals surface area contributed by atoms with Crippen LogP contribution < -0.4 is 14.8 Å². The van der Waals surface area contributed by atoms with E-state index in [1.807, 2.05) is 13.0 Å². The molecule has 0 saturated heterocycles. The Balaban J connectivity index is 2.27. The molecule has 0 saturated carbocycles. The van der Waals surface area contributed by atoms with Gasteiger partial charge in [0.2, 0.25) is 21.9 Å². The third kappa shape index (κ3) is 8.31. The van der Waals surface area contributed by atoms with Gasteiger partial charge >= 0.3 is 0 Å². The summed E-state index contributed by atoms with van der Waals surface area (Å²) in [7, 11) is -3.25. The highest BCUT2D eigenvalue weighted by atomic mass is 32.2. The van der Waals surface area contributed by atoms with Crippen molar-refractivity contribution in [1.82, 2.24) is 14.7 Å². The molecule has 1 aromatic rings. The smallest absolute Gasteiger partial charge is 0.226 e. The van der Waals surface area contributed by atoms with Crippen LogP contribution in [-0.4, -0.2) is 42.8 Å². The zero-order valence-corrected chi connectivity index (χ0v) is 17.6. The van der Waals surface area contributed by atoms with Crippen LogP contribution in [0, 0.1) is 6.92 Å². The lowest BCUT2D eigenvalue weighted by Gasteiger charge is -2.19. The summed E-state index contributed by atoms with van der Waals surface area (Å²) in [5.41, 5.74) is 0.866. The number of aromatic nitrogens is 2. The van der Waals surface area contributed by atoms with Crippen LogP contribution in [0.4, 0.5) is 5.95 Å². The molecule has 7 nitrogen and oxygen atoms in total. The van der Waals surface area contributed by atoms with E-state index in [0.29, 0.717) is 25.0 Å². The Morgan fingerprint density at radius 1 is 1.08 bits per heavy atom. The Bertz CT molecular complexity index is 642. The van der Waals surface area contributed by atoms with Crippen LogP contribution in [0.5, 0.6) is 5.88 Å². The molecular weight excluding hydrogens is 352 g/mol. The van der Waals surface area contributed by atoms with E-state index in [0.717, 1.165) is 44.3 Å². The molecule has 1 heterocycles. The highest BCUT2D eigenvalue weighted by Gasteiger charge is 2.27. The Kier molecular flexibility index (Phi) is 9.29. The molecule has 8 heteroatoms. The van der Waals surface area contributed by atoms with Crippen LogP contribution in [-0.2, 0) is 10.0 Å². The molecule has 0 aliphatic carbocycles. The molecule has 0 spiro atoms. The molecule has 0 aliphatic heterocycles. The number of nitrogens with one attached hydrogen (secondary N) is 2. The Hall–Kier alpha value is -1.41. The highest BCUT2D eigenvalue weighted by molar-refractivity contribution is 7.90. The van der Waals surface area contributed by atoms with Gasteiger partial charge in [-0.15, -0.1) is 0 Å². The first-order chi connectivity index (χ1) is 12.2. The van der Waals surface area contributed by atoms with Crippen LogP contribution >= 0.6 is 0 Å². The Labute approximate surface area is 158 Å². The second kappa shape index (κ2) is 10.7. The number of hydrogen-bond donors (Lipinski definition) is 2. The lowest BCUT2D eigenvalue weighted by Crippen LogP contribution is -2.39. The normalized spacial score (nSPS) is 12.2. The van der Waals surface area contributed by atoms with Crippen molar-refractivity contribution in [3.05, 3.63) is 11.8 Å². The van der Waals surface area contributed by atoms with Crippen molar-refractivity contribution in [2.45, 2.75) is 71.5 Å². The molecule has 0 atom stereocenters. The molecule has 0 fully saturated rings. The van der Waals surface area contributed by atoms with Crippen molar-refractivity contribution >= 4 is 16.0 Å². The lowest BCUT2D eigenvalue weighted by molar-refractivity contribution is 0.297. The molecule has 0 radical (unpaired) electrons. The molecular formula is C18H34N4O3S. The van der Waals surface area contributed by atoms with Crippen LogP contribution in [0.1, 0.15) is 65.5 Å². The SMILES string of the molecule is CCCCOc1cc(C)nc(NCCCCCNS(=O)(=O)C(C)(C)C)n1. The maximum atomic E-state index is 11.9. The lowest BCUT2D eigenvalue weighted by atomic mass is 10.2. The second-order valence-electron chi connectivity index (χ2n) is 7.37. The number of hydrogen-bond acceptors (Lipinski definition) is 6. The average molecular weight is 387 g/mol. The molecule has 0 bridgehead atoms. The van der Waals surface area contributed by atoms with Crippen LogP contribution in [0.15, 0.2) is 6.07 Å². The summed E-state index contributed by atoms with van der Waals surface area (Å²) in [4.78, 5) is 8.72. The van der Waals surface area contributed by atoms with E-state index < -0.39 is 14.8 Å². The van der Waals surface area contributed by atoms with Crippen molar-refractivity contribution in [3.63, 3.8) is 0 Å². The van der Waals surface area contributed by atoms with Gasteiger partial charge in [-0.05, 0) is 47.0 Å². The highest BCUT2D eigenvalue weighted by Crippen LogP contribution is 2.14. The first-order valence-electron chi connectivity index (χ1n) is 9.37. The summed E-state index contributed by atoms with van der Waals surface area (Å²) in [6.45, 7) is 11.0. The predicted octanol–water partition coefficient (Wildman–Crippen LogP) is 3.26. The topological polar surface area (TPSA) is 93.2 Å². The summed E-state index contributed by atoms with van der Waals surface area (Å²) in [5.74, 6) is 1.18. The van der Waals surface area contributed by atoms with Gasteiger partial charge in [-0.25, -0.2) is 18.1 Å². The fraction of sp³-hybridized carbons (Fsp3) is 0.778. The van der Waals surface area contributed by atoms with Gasteiger partial charge in [0, 0.05) is 24.8 Å². The summed E-state index contributed by atoms with van der Waals surface area (Å²) in [5, 5.41) is 3.21. The quantitative estimate of drug-likeness (QED) is 0.536.